The Morgan fingerprint density at radius 2 is 2.00 bits per heavy atom. The Morgan fingerprint density at radius 3 is 2.35 bits per heavy atom. The fraction of sp³-hybridized carbons (Fsp3) is 0.800. The molecule has 0 heterocycles. The van der Waals surface area contributed by atoms with Crippen molar-refractivity contribution in [1.82, 2.24) is 0 Å². The third-order valence-corrected chi connectivity index (χ3v) is 4.54. The summed E-state index contributed by atoms with van der Waals surface area (Å²) in [6.07, 6.45) is 5.70. The quantitative estimate of drug-likeness (QED) is 0.544. The van der Waals surface area contributed by atoms with Crippen LogP contribution in [0, 0.1) is 10.8 Å². The highest BCUT2D eigenvalue weighted by Crippen LogP contribution is 2.50. The first-order chi connectivity index (χ1) is 7.71. The Kier molecular flexibility index (Phi) is 3.75. The van der Waals surface area contributed by atoms with E-state index in [1.807, 2.05) is 26.8 Å². The minimum absolute atomic E-state index is 0.00572. The smallest absolute Gasteiger partial charge is 0.312 e. The molecule has 0 radical (unpaired) electrons. The predicted octanol–water partition coefficient (Wildman–Crippen LogP) is 4.10. The molecule has 1 unspecified atom stereocenters. The molecule has 0 bridgehead atoms. The van der Waals surface area contributed by atoms with Gasteiger partial charge in [0.15, 0.2) is 0 Å². The summed E-state index contributed by atoms with van der Waals surface area (Å²) < 4.78 is 5.86. The molecule has 1 saturated carbocycles. The van der Waals surface area contributed by atoms with E-state index >= 15 is 0 Å². The summed E-state index contributed by atoms with van der Waals surface area (Å²) in [6.45, 7) is 14.1. The van der Waals surface area contributed by atoms with Crippen molar-refractivity contribution in [3.8, 4) is 0 Å². The van der Waals surface area contributed by atoms with Gasteiger partial charge in [0.1, 0.15) is 5.60 Å². The minimum Gasteiger partial charge on any atom is -0.454 e. The van der Waals surface area contributed by atoms with Gasteiger partial charge < -0.3 is 4.74 Å². The summed E-state index contributed by atoms with van der Waals surface area (Å²) in [6, 6.07) is 0. The van der Waals surface area contributed by atoms with Crippen LogP contribution in [-0.4, -0.2) is 11.6 Å². The first-order valence-electron chi connectivity index (χ1n) is 6.58. The topological polar surface area (TPSA) is 26.3 Å². The lowest BCUT2D eigenvalue weighted by Gasteiger charge is -2.40. The molecule has 98 valence electrons. The lowest BCUT2D eigenvalue weighted by Crippen LogP contribution is -2.45. The summed E-state index contributed by atoms with van der Waals surface area (Å²) in [5.41, 5.74) is -0.889. The van der Waals surface area contributed by atoms with Gasteiger partial charge in [-0.1, -0.05) is 27.4 Å². The van der Waals surface area contributed by atoms with Crippen LogP contribution >= 0.6 is 0 Å². The molecule has 0 aromatic rings. The van der Waals surface area contributed by atoms with Gasteiger partial charge in [0, 0.05) is 5.41 Å². The second-order valence-electron chi connectivity index (χ2n) is 6.46. The van der Waals surface area contributed by atoms with Crippen LogP contribution in [0.2, 0.25) is 0 Å². The first kappa shape index (κ1) is 14.3. The summed E-state index contributed by atoms with van der Waals surface area (Å²) in [4.78, 5) is 12.2. The fourth-order valence-electron chi connectivity index (χ4n) is 2.40. The molecule has 0 aromatic carbocycles. The number of hydrogen-bond acceptors (Lipinski definition) is 2. The standard InChI is InChI=1S/C15H26O2/c1-7-13(3,4)12(16)17-15(8-2)11-9-10-14(15,5)6/h8H,2,7,9-11H2,1,3-6H3. The van der Waals surface area contributed by atoms with Gasteiger partial charge in [-0.25, -0.2) is 0 Å². The highest BCUT2D eigenvalue weighted by atomic mass is 16.6. The van der Waals surface area contributed by atoms with E-state index in [-0.39, 0.29) is 11.4 Å². The number of carbonyl (C=O) groups excluding carboxylic acids is 1. The molecule has 1 aliphatic rings. The van der Waals surface area contributed by atoms with Crippen LogP contribution in [0.5, 0.6) is 0 Å². The highest BCUT2D eigenvalue weighted by Gasteiger charge is 2.51. The molecule has 1 fully saturated rings. The fourth-order valence-corrected chi connectivity index (χ4v) is 2.40. The third-order valence-electron chi connectivity index (χ3n) is 4.54. The molecule has 17 heavy (non-hydrogen) atoms. The van der Waals surface area contributed by atoms with Gasteiger partial charge in [0.25, 0.3) is 0 Å². The van der Waals surface area contributed by atoms with E-state index < -0.39 is 11.0 Å². The van der Waals surface area contributed by atoms with Gasteiger partial charge in [0.2, 0.25) is 0 Å². The third kappa shape index (κ3) is 2.41. The molecule has 0 aromatic heterocycles. The summed E-state index contributed by atoms with van der Waals surface area (Å²) in [7, 11) is 0. The number of ether oxygens (including phenoxy) is 1. The van der Waals surface area contributed by atoms with Crippen molar-refractivity contribution in [2.24, 2.45) is 10.8 Å². The van der Waals surface area contributed by atoms with E-state index in [9.17, 15) is 4.79 Å². The van der Waals surface area contributed by atoms with Gasteiger partial charge in [0.05, 0.1) is 5.41 Å². The maximum absolute atomic E-state index is 12.2. The van der Waals surface area contributed by atoms with Crippen molar-refractivity contribution in [3.63, 3.8) is 0 Å². The number of esters is 1. The molecule has 0 saturated heterocycles. The monoisotopic (exact) mass is 238 g/mol. The maximum Gasteiger partial charge on any atom is 0.312 e. The molecule has 1 rings (SSSR count). The van der Waals surface area contributed by atoms with Crippen LogP contribution in [-0.2, 0) is 9.53 Å². The SMILES string of the molecule is C=CC1(OC(=O)C(C)(C)CC)CCCC1(C)C. The van der Waals surface area contributed by atoms with Gasteiger partial charge >= 0.3 is 5.97 Å². The Bertz CT molecular complexity index is 315. The molecular formula is C15H26O2. The molecule has 2 heteroatoms. The zero-order valence-corrected chi connectivity index (χ0v) is 11.9. The second kappa shape index (κ2) is 4.47. The number of hydrogen-bond donors (Lipinski definition) is 0. The average Bonchev–Trinajstić information content (AvgIpc) is 2.54. The minimum atomic E-state index is -0.476. The van der Waals surface area contributed by atoms with E-state index in [0.717, 1.165) is 25.7 Å². The summed E-state index contributed by atoms with van der Waals surface area (Å²) >= 11 is 0. The lowest BCUT2D eigenvalue weighted by molar-refractivity contribution is -0.173. The zero-order chi connectivity index (χ0) is 13.3. The van der Waals surface area contributed by atoms with E-state index in [4.69, 9.17) is 4.74 Å². The first-order valence-corrected chi connectivity index (χ1v) is 6.58. The van der Waals surface area contributed by atoms with Gasteiger partial charge in [-0.15, -0.1) is 0 Å². The van der Waals surface area contributed by atoms with E-state index in [1.165, 1.54) is 0 Å². The molecule has 1 aliphatic carbocycles. The van der Waals surface area contributed by atoms with E-state index in [0.29, 0.717) is 0 Å². The van der Waals surface area contributed by atoms with Crippen LogP contribution < -0.4 is 0 Å². The summed E-state index contributed by atoms with van der Waals surface area (Å²) in [5, 5.41) is 0. The Morgan fingerprint density at radius 1 is 1.41 bits per heavy atom. The molecule has 0 aliphatic heterocycles. The summed E-state index contributed by atoms with van der Waals surface area (Å²) in [5.74, 6) is -0.102. The van der Waals surface area contributed by atoms with Crippen molar-refractivity contribution in [3.05, 3.63) is 12.7 Å². The van der Waals surface area contributed by atoms with Crippen LogP contribution in [0.3, 0.4) is 0 Å². The van der Waals surface area contributed by atoms with Gasteiger partial charge in [-0.3, -0.25) is 4.79 Å². The molecule has 0 amide bonds. The normalized spacial score (nSPS) is 27.8. The molecule has 0 spiro atoms. The maximum atomic E-state index is 12.2. The molecule has 1 atom stereocenters. The molecular weight excluding hydrogens is 212 g/mol. The lowest BCUT2D eigenvalue weighted by atomic mass is 9.77. The number of rotatable bonds is 4. The van der Waals surface area contributed by atoms with Crippen molar-refractivity contribution in [2.75, 3.05) is 0 Å². The van der Waals surface area contributed by atoms with Crippen molar-refractivity contribution < 1.29 is 9.53 Å². The molecule has 2 nitrogen and oxygen atoms in total. The van der Waals surface area contributed by atoms with Crippen LogP contribution in [0.1, 0.15) is 60.3 Å². The predicted molar refractivity (Wildman–Crippen MR) is 70.7 cm³/mol. The van der Waals surface area contributed by atoms with Crippen LogP contribution in [0.25, 0.3) is 0 Å². The average molecular weight is 238 g/mol. The van der Waals surface area contributed by atoms with Crippen molar-refractivity contribution >= 4 is 5.97 Å². The Balaban J connectivity index is 2.92. The van der Waals surface area contributed by atoms with Gasteiger partial charge in [-0.2, -0.15) is 0 Å². The Hall–Kier alpha value is -0.790. The van der Waals surface area contributed by atoms with Crippen LogP contribution in [0.15, 0.2) is 12.7 Å². The van der Waals surface area contributed by atoms with E-state index in [1.54, 1.807) is 0 Å². The highest BCUT2D eigenvalue weighted by molar-refractivity contribution is 5.76. The zero-order valence-electron chi connectivity index (χ0n) is 11.9. The number of carbonyl (C=O) groups is 1. The second-order valence-corrected chi connectivity index (χ2v) is 6.46. The Labute approximate surface area is 105 Å². The molecule has 0 N–H and O–H groups in total. The van der Waals surface area contributed by atoms with Gasteiger partial charge in [-0.05, 0) is 45.6 Å². The van der Waals surface area contributed by atoms with Crippen molar-refractivity contribution in [2.45, 2.75) is 65.9 Å². The van der Waals surface area contributed by atoms with E-state index in [2.05, 4.69) is 20.4 Å². The van der Waals surface area contributed by atoms with Crippen LogP contribution in [0.4, 0.5) is 0 Å². The largest absolute Gasteiger partial charge is 0.454 e. The van der Waals surface area contributed by atoms with Crippen molar-refractivity contribution in [1.29, 1.82) is 0 Å².